The van der Waals surface area contributed by atoms with Crippen molar-refractivity contribution in [3.63, 3.8) is 0 Å². The molecule has 1 aromatic heterocycles. The van der Waals surface area contributed by atoms with Crippen molar-refractivity contribution in [1.29, 1.82) is 0 Å². The molecule has 2 rings (SSSR count). The lowest BCUT2D eigenvalue weighted by Gasteiger charge is -2.12. The van der Waals surface area contributed by atoms with Crippen molar-refractivity contribution in [2.45, 2.75) is 26.2 Å². The Balaban J connectivity index is 2.50. The highest BCUT2D eigenvalue weighted by Crippen LogP contribution is 2.27. The number of fused-ring (bicyclic) bond motifs is 1. The van der Waals surface area contributed by atoms with Crippen LogP contribution in [0.4, 0.5) is 0 Å². The van der Waals surface area contributed by atoms with Gasteiger partial charge in [0, 0.05) is 24.5 Å². The number of aromatic nitrogens is 2. The van der Waals surface area contributed by atoms with Crippen molar-refractivity contribution in [2.24, 2.45) is 4.99 Å². The largest absolute Gasteiger partial charge is 0.262 e. The zero-order valence-corrected chi connectivity index (χ0v) is 8.44. The number of allylic oxidation sites excluding steroid dienone is 1. The van der Waals surface area contributed by atoms with Crippen LogP contribution >= 0.6 is 0 Å². The first kappa shape index (κ1) is 9.06. The van der Waals surface area contributed by atoms with Gasteiger partial charge < -0.3 is 0 Å². The van der Waals surface area contributed by atoms with E-state index < -0.39 is 0 Å². The Morgan fingerprint density at radius 3 is 2.86 bits per heavy atom. The molecule has 0 spiro atoms. The zero-order valence-electron chi connectivity index (χ0n) is 8.44. The lowest BCUT2D eigenvalue weighted by atomic mass is 9.95. The molecule has 14 heavy (non-hydrogen) atoms. The van der Waals surface area contributed by atoms with Crippen LogP contribution in [0.3, 0.4) is 0 Å². The fourth-order valence-corrected chi connectivity index (χ4v) is 1.68. The number of nitrogens with zero attached hydrogens (tertiary/aromatic N) is 3. The van der Waals surface area contributed by atoms with Crippen molar-refractivity contribution in [2.75, 3.05) is 0 Å². The standard InChI is InChI=1S/C11H13N3/c1-3-9-6-12-7-10-11(8(9)2)14-5-4-13-10/h4-8H,3H2,1-2H3. The Hall–Kier alpha value is -1.51. The molecule has 1 unspecified atom stereocenters. The monoisotopic (exact) mass is 187 g/mol. The highest BCUT2D eigenvalue weighted by molar-refractivity contribution is 5.80. The summed E-state index contributed by atoms with van der Waals surface area (Å²) >= 11 is 0. The number of rotatable bonds is 1. The molecule has 0 N–H and O–H groups in total. The molecule has 0 aliphatic carbocycles. The van der Waals surface area contributed by atoms with Gasteiger partial charge in [-0.1, -0.05) is 13.8 Å². The zero-order chi connectivity index (χ0) is 9.97. The Morgan fingerprint density at radius 2 is 2.07 bits per heavy atom. The predicted octanol–water partition coefficient (Wildman–Crippen LogP) is 2.31. The molecule has 0 bridgehead atoms. The van der Waals surface area contributed by atoms with E-state index in [2.05, 4.69) is 28.8 Å². The van der Waals surface area contributed by atoms with Gasteiger partial charge in [-0.05, 0) is 12.0 Å². The fourth-order valence-electron chi connectivity index (χ4n) is 1.68. The van der Waals surface area contributed by atoms with Crippen molar-refractivity contribution in [3.8, 4) is 0 Å². The van der Waals surface area contributed by atoms with Crippen LogP contribution in [0.5, 0.6) is 0 Å². The normalized spacial score (nSPS) is 19.9. The van der Waals surface area contributed by atoms with Gasteiger partial charge in [-0.25, -0.2) is 0 Å². The van der Waals surface area contributed by atoms with Crippen LogP contribution in [-0.2, 0) is 0 Å². The van der Waals surface area contributed by atoms with E-state index in [-0.39, 0.29) is 0 Å². The fraction of sp³-hybridized carbons (Fsp3) is 0.364. The average molecular weight is 187 g/mol. The summed E-state index contributed by atoms with van der Waals surface area (Å²) in [4.78, 5) is 12.8. The van der Waals surface area contributed by atoms with Crippen LogP contribution in [0, 0.1) is 0 Å². The molecule has 0 saturated heterocycles. The minimum Gasteiger partial charge on any atom is -0.262 e. The Labute approximate surface area is 83.6 Å². The maximum Gasteiger partial charge on any atom is 0.103 e. The average Bonchev–Trinajstić information content (AvgIpc) is 2.39. The van der Waals surface area contributed by atoms with Gasteiger partial charge in [0.25, 0.3) is 0 Å². The number of aliphatic imine (C=N–C) groups is 1. The van der Waals surface area contributed by atoms with Gasteiger partial charge in [-0.3, -0.25) is 15.0 Å². The van der Waals surface area contributed by atoms with E-state index in [9.17, 15) is 0 Å². The van der Waals surface area contributed by atoms with Gasteiger partial charge in [0.15, 0.2) is 0 Å². The molecule has 0 fully saturated rings. The van der Waals surface area contributed by atoms with Crippen LogP contribution in [0.15, 0.2) is 29.2 Å². The highest BCUT2D eigenvalue weighted by atomic mass is 14.8. The van der Waals surface area contributed by atoms with E-state index in [0.717, 1.165) is 17.8 Å². The second kappa shape index (κ2) is 3.70. The molecular formula is C11H13N3. The molecule has 0 amide bonds. The minimum absolute atomic E-state index is 0.325. The molecule has 3 heteroatoms. The van der Waals surface area contributed by atoms with Crippen molar-refractivity contribution < 1.29 is 0 Å². The molecule has 0 radical (unpaired) electrons. The molecule has 2 heterocycles. The van der Waals surface area contributed by atoms with Gasteiger partial charge in [-0.15, -0.1) is 0 Å². The van der Waals surface area contributed by atoms with E-state index in [1.54, 1.807) is 18.6 Å². The third-order valence-corrected chi connectivity index (χ3v) is 2.57. The Morgan fingerprint density at radius 1 is 1.29 bits per heavy atom. The summed E-state index contributed by atoms with van der Waals surface area (Å²) in [5.74, 6) is 0.325. The first-order valence-corrected chi connectivity index (χ1v) is 4.86. The predicted molar refractivity (Wildman–Crippen MR) is 56.4 cm³/mol. The molecule has 72 valence electrons. The second-order valence-electron chi connectivity index (χ2n) is 3.38. The quantitative estimate of drug-likeness (QED) is 0.676. The van der Waals surface area contributed by atoms with Crippen LogP contribution < -0.4 is 0 Å². The van der Waals surface area contributed by atoms with E-state index in [1.165, 1.54) is 5.57 Å². The summed E-state index contributed by atoms with van der Waals surface area (Å²) in [5, 5.41) is 0. The van der Waals surface area contributed by atoms with E-state index in [1.807, 2.05) is 6.20 Å². The van der Waals surface area contributed by atoms with E-state index in [4.69, 9.17) is 0 Å². The smallest absolute Gasteiger partial charge is 0.103 e. The summed E-state index contributed by atoms with van der Waals surface area (Å²) in [6.07, 6.45) is 8.15. The summed E-state index contributed by atoms with van der Waals surface area (Å²) in [5.41, 5.74) is 3.22. The van der Waals surface area contributed by atoms with Crippen molar-refractivity contribution in [1.82, 2.24) is 9.97 Å². The van der Waals surface area contributed by atoms with Gasteiger partial charge in [-0.2, -0.15) is 0 Å². The molecule has 1 aliphatic rings. The Bertz CT molecular complexity index is 393. The summed E-state index contributed by atoms with van der Waals surface area (Å²) in [6, 6.07) is 0. The molecular weight excluding hydrogens is 174 g/mol. The van der Waals surface area contributed by atoms with Gasteiger partial charge in [0.05, 0.1) is 11.9 Å². The van der Waals surface area contributed by atoms with Crippen molar-refractivity contribution in [3.05, 3.63) is 35.6 Å². The molecule has 1 atom stereocenters. The molecule has 0 saturated carbocycles. The lowest BCUT2D eigenvalue weighted by molar-refractivity contribution is 0.795. The molecule has 1 aliphatic heterocycles. The minimum atomic E-state index is 0.325. The van der Waals surface area contributed by atoms with Crippen LogP contribution in [0.25, 0.3) is 0 Å². The summed E-state index contributed by atoms with van der Waals surface area (Å²) in [6.45, 7) is 4.29. The van der Waals surface area contributed by atoms with Gasteiger partial charge in [0.1, 0.15) is 5.69 Å². The number of hydrogen-bond acceptors (Lipinski definition) is 3. The van der Waals surface area contributed by atoms with Crippen LogP contribution in [0.1, 0.15) is 37.6 Å². The molecule has 0 aromatic carbocycles. The molecule has 3 nitrogen and oxygen atoms in total. The third kappa shape index (κ3) is 1.45. The molecule has 1 aromatic rings. The van der Waals surface area contributed by atoms with E-state index >= 15 is 0 Å². The summed E-state index contributed by atoms with van der Waals surface area (Å²) < 4.78 is 0. The third-order valence-electron chi connectivity index (χ3n) is 2.57. The first-order valence-electron chi connectivity index (χ1n) is 4.86. The maximum atomic E-state index is 4.36. The topological polar surface area (TPSA) is 38.1 Å². The lowest BCUT2D eigenvalue weighted by Crippen LogP contribution is -2.04. The van der Waals surface area contributed by atoms with Gasteiger partial charge in [0.2, 0.25) is 0 Å². The SMILES string of the molecule is CCC1=CN=Cc2nccnc2C1C. The maximum absolute atomic E-state index is 4.36. The number of hydrogen-bond donors (Lipinski definition) is 0. The Kier molecular flexibility index (Phi) is 2.39. The second-order valence-corrected chi connectivity index (χ2v) is 3.38. The van der Waals surface area contributed by atoms with Crippen LogP contribution in [-0.4, -0.2) is 16.2 Å². The first-order chi connectivity index (χ1) is 6.83. The van der Waals surface area contributed by atoms with E-state index in [0.29, 0.717) is 5.92 Å². The van der Waals surface area contributed by atoms with Crippen LogP contribution in [0.2, 0.25) is 0 Å². The van der Waals surface area contributed by atoms with Crippen molar-refractivity contribution >= 4 is 6.21 Å². The summed E-state index contributed by atoms with van der Waals surface area (Å²) in [7, 11) is 0. The highest BCUT2D eigenvalue weighted by Gasteiger charge is 2.16. The van der Waals surface area contributed by atoms with Gasteiger partial charge >= 0.3 is 0 Å².